The van der Waals surface area contributed by atoms with Crippen LogP contribution < -0.4 is 10.1 Å². The van der Waals surface area contributed by atoms with Gasteiger partial charge in [0.2, 0.25) is 5.91 Å². The molecule has 2 fully saturated rings. The minimum absolute atomic E-state index is 0.0109. The zero-order valence-electron chi connectivity index (χ0n) is 20.2. The van der Waals surface area contributed by atoms with Gasteiger partial charge < -0.3 is 15.2 Å². The Balaban J connectivity index is 1.32. The minimum atomic E-state index is -0.305. The largest absolute Gasteiger partial charge is 0.427 e. The van der Waals surface area contributed by atoms with Gasteiger partial charge in [-0.05, 0) is 97.8 Å². The SMILES string of the molecule is CC(=O)Oc1ccc2c(c1)CCC1C2CCC2(C)C(O)CC(CCC(=O)Nc3ncc(C)s3)C12. The van der Waals surface area contributed by atoms with Crippen LogP contribution in [0.2, 0.25) is 0 Å². The first kappa shape index (κ1) is 23.5. The topological polar surface area (TPSA) is 88.5 Å². The third-order valence-corrected chi connectivity index (χ3v) is 9.49. The smallest absolute Gasteiger partial charge is 0.308 e. The van der Waals surface area contributed by atoms with E-state index in [4.69, 9.17) is 4.74 Å². The average Bonchev–Trinajstić information content (AvgIpc) is 3.31. The molecule has 0 spiro atoms. The molecule has 0 saturated heterocycles. The number of aliphatic hydroxyl groups excluding tert-OH is 1. The molecule has 3 aliphatic rings. The van der Waals surface area contributed by atoms with E-state index in [9.17, 15) is 14.7 Å². The number of anilines is 1. The molecule has 6 unspecified atom stereocenters. The summed E-state index contributed by atoms with van der Waals surface area (Å²) in [7, 11) is 0. The number of aromatic nitrogens is 1. The first-order valence-electron chi connectivity index (χ1n) is 12.5. The molecule has 1 amide bonds. The van der Waals surface area contributed by atoms with Crippen LogP contribution >= 0.6 is 11.3 Å². The molecule has 1 heterocycles. The van der Waals surface area contributed by atoms with Gasteiger partial charge in [0.1, 0.15) is 5.75 Å². The van der Waals surface area contributed by atoms with E-state index in [1.807, 2.05) is 19.1 Å². The van der Waals surface area contributed by atoms with E-state index >= 15 is 0 Å². The Bertz CT molecular complexity index is 1100. The molecule has 3 aliphatic carbocycles. The van der Waals surface area contributed by atoms with Gasteiger partial charge >= 0.3 is 5.97 Å². The zero-order chi connectivity index (χ0) is 24.0. The Hall–Kier alpha value is -2.25. The number of rotatable bonds is 5. The summed E-state index contributed by atoms with van der Waals surface area (Å²) in [6.45, 7) is 5.69. The van der Waals surface area contributed by atoms with Gasteiger partial charge in [-0.3, -0.25) is 9.59 Å². The van der Waals surface area contributed by atoms with Crippen LogP contribution in [0.25, 0.3) is 0 Å². The minimum Gasteiger partial charge on any atom is -0.427 e. The van der Waals surface area contributed by atoms with Crippen molar-refractivity contribution in [3.05, 3.63) is 40.4 Å². The standard InChI is InChI=1S/C27H34N2O4S/c1-15-14-28-26(34-15)29-24(32)9-5-18-13-23(31)27(3)11-10-21-20-8-6-19(33-16(2)30)12-17(20)4-7-22(21)25(18)27/h6,8,12,14,18,21-23,25,31H,4-5,7,9-11,13H2,1-3H3,(H,28,29,32). The Morgan fingerprint density at radius 1 is 1.32 bits per heavy atom. The van der Waals surface area contributed by atoms with E-state index in [1.54, 1.807) is 6.20 Å². The number of carbonyl (C=O) groups is 2. The third kappa shape index (κ3) is 4.29. The quantitative estimate of drug-likeness (QED) is 0.449. The summed E-state index contributed by atoms with van der Waals surface area (Å²) in [5.41, 5.74) is 2.59. The molecule has 34 heavy (non-hydrogen) atoms. The number of ether oxygens (including phenoxy) is 1. The fourth-order valence-corrected chi connectivity index (χ4v) is 7.93. The number of aliphatic hydroxyl groups is 1. The Morgan fingerprint density at radius 2 is 2.15 bits per heavy atom. The lowest BCUT2D eigenvalue weighted by Crippen LogP contribution is -2.45. The van der Waals surface area contributed by atoms with Crippen molar-refractivity contribution >= 4 is 28.3 Å². The normalized spacial score (nSPS) is 31.8. The molecule has 6 atom stereocenters. The highest BCUT2D eigenvalue weighted by Crippen LogP contribution is 2.63. The number of nitrogens with one attached hydrogen (secondary N) is 1. The second-order valence-electron chi connectivity index (χ2n) is 10.7. The van der Waals surface area contributed by atoms with Crippen molar-refractivity contribution in [3.63, 3.8) is 0 Å². The van der Waals surface area contributed by atoms with E-state index in [-0.39, 0.29) is 23.4 Å². The number of aryl methyl sites for hydroxylation is 2. The number of hydrogen-bond acceptors (Lipinski definition) is 6. The summed E-state index contributed by atoms with van der Waals surface area (Å²) in [5, 5.41) is 14.7. The molecular formula is C27H34N2O4S. The average molecular weight is 483 g/mol. The summed E-state index contributed by atoms with van der Waals surface area (Å²) < 4.78 is 5.32. The van der Waals surface area contributed by atoms with Crippen LogP contribution in [0.1, 0.15) is 74.3 Å². The molecule has 0 bridgehead atoms. The summed E-state index contributed by atoms with van der Waals surface area (Å²) >= 11 is 1.49. The number of hydrogen-bond donors (Lipinski definition) is 2. The van der Waals surface area contributed by atoms with Gasteiger partial charge in [-0.15, -0.1) is 11.3 Å². The van der Waals surface area contributed by atoms with Crippen LogP contribution in [0.15, 0.2) is 24.4 Å². The van der Waals surface area contributed by atoms with Gasteiger partial charge in [-0.25, -0.2) is 4.98 Å². The van der Waals surface area contributed by atoms with Crippen LogP contribution in [-0.4, -0.2) is 28.1 Å². The molecule has 0 aliphatic heterocycles. The summed E-state index contributed by atoms with van der Waals surface area (Å²) in [5.74, 6) is 2.08. The lowest BCUT2D eigenvalue weighted by atomic mass is 9.53. The molecule has 1 aromatic heterocycles. The predicted molar refractivity (Wildman–Crippen MR) is 132 cm³/mol. The van der Waals surface area contributed by atoms with Crippen LogP contribution in [0.4, 0.5) is 5.13 Å². The molecule has 0 radical (unpaired) electrons. The van der Waals surface area contributed by atoms with Crippen molar-refractivity contribution in [2.75, 3.05) is 5.32 Å². The first-order valence-corrected chi connectivity index (χ1v) is 13.3. The number of carbonyl (C=O) groups excluding carboxylic acids is 2. The molecule has 1 aromatic carbocycles. The van der Waals surface area contributed by atoms with Crippen molar-refractivity contribution < 1.29 is 19.4 Å². The molecular weight excluding hydrogens is 448 g/mol. The van der Waals surface area contributed by atoms with E-state index in [0.717, 1.165) is 43.4 Å². The van der Waals surface area contributed by atoms with Gasteiger partial charge in [0.15, 0.2) is 5.13 Å². The Labute approximate surface area is 205 Å². The fourth-order valence-electron chi connectivity index (χ4n) is 7.25. The Morgan fingerprint density at radius 3 is 2.88 bits per heavy atom. The highest BCUT2D eigenvalue weighted by atomic mass is 32.1. The lowest BCUT2D eigenvalue weighted by Gasteiger charge is -2.51. The second kappa shape index (κ2) is 9.08. The number of esters is 1. The predicted octanol–water partition coefficient (Wildman–Crippen LogP) is 5.24. The number of nitrogens with zero attached hydrogens (tertiary/aromatic N) is 1. The van der Waals surface area contributed by atoms with Gasteiger partial charge in [-0.2, -0.15) is 0 Å². The van der Waals surface area contributed by atoms with E-state index in [2.05, 4.69) is 23.3 Å². The van der Waals surface area contributed by atoms with Crippen LogP contribution in [-0.2, 0) is 16.0 Å². The zero-order valence-corrected chi connectivity index (χ0v) is 21.0. The maximum atomic E-state index is 12.6. The van der Waals surface area contributed by atoms with Gasteiger partial charge in [0.25, 0.3) is 0 Å². The van der Waals surface area contributed by atoms with Crippen LogP contribution in [0.5, 0.6) is 5.75 Å². The van der Waals surface area contributed by atoms with Crippen molar-refractivity contribution in [1.29, 1.82) is 0 Å². The Kier molecular flexibility index (Phi) is 6.27. The van der Waals surface area contributed by atoms with Crippen molar-refractivity contribution in [2.45, 2.75) is 77.7 Å². The molecule has 6 nitrogen and oxygen atoms in total. The summed E-state index contributed by atoms with van der Waals surface area (Å²) in [6, 6.07) is 6.10. The maximum absolute atomic E-state index is 12.6. The fraction of sp³-hybridized carbons (Fsp3) is 0.593. The summed E-state index contributed by atoms with van der Waals surface area (Å²) in [6.07, 6.45) is 7.64. The third-order valence-electron chi connectivity index (χ3n) is 8.66. The monoisotopic (exact) mass is 482 g/mol. The van der Waals surface area contributed by atoms with Gasteiger partial charge in [0.05, 0.1) is 6.10 Å². The molecule has 2 aromatic rings. The number of benzene rings is 1. The van der Waals surface area contributed by atoms with E-state index in [1.165, 1.54) is 29.4 Å². The van der Waals surface area contributed by atoms with Gasteiger partial charge in [0, 0.05) is 24.4 Å². The second-order valence-corrected chi connectivity index (χ2v) is 11.9. The molecule has 5 rings (SSSR count). The first-order chi connectivity index (χ1) is 16.2. The molecule has 2 N–H and O–H groups in total. The number of thiazole rings is 1. The van der Waals surface area contributed by atoms with E-state index in [0.29, 0.717) is 41.0 Å². The molecule has 182 valence electrons. The molecule has 2 saturated carbocycles. The number of fused-ring (bicyclic) bond motifs is 5. The van der Waals surface area contributed by atoms with E-state index < -0.39 is 0 Å². The van der Waals surface area contributed by atoms with Crippen molar-refractivity contribution in [3.8, 4) is 5.75 Å². The van der Waals surface area contributed by atoms with Crippen LogP contribution in [0, 0.1) is 30.1 Å². The van der Waals surface area contributed by atoms with Crippen molar-refractivity contribution in [1.82, 2.24) is 4.98 Å². The molecule has 7 heteroatoms. The summed E-state index contributed by atoms with van der Waals surface area (Å²) in [4.78, 5) is 29.3. The van der Waals surface area contributed by atoms with Gasteiger partial charge in [-0.1, -0.05) is 13.0 Å². The highest BCUT2D eigenvalue weighted by molar-refractivity contribution is 7.15. The van der Waals surface area contributed by atoms with Crippen LogP contribution in [0.3, 0.4) is 0 Å². The maximum Gasteiger partial charge on any atom is 0.308 e. The van der Waals surface area contributed by atoms with Crippen molar-refractivity contribution in [2.24, 2.45) is 23.2 Å². The lowest BCUT2D eigenvalue weighted by molar-refractivity contribution is -0.131. The highest BCUT2D eigenvalue weighted by Gasteiger charge is 2.58. The number of amides is 1.